The van der Waals surface area contributed by atoms with Crippen molar-refractivity contribution < 1.29 is 19.1 Å². The zero-order valence-corrected chi connectivity index (χ0v) is 8.12. The van der Waals surface area contributed by atoms with Crippen LogP contribution in [0.2, 0.25) is 0 Å². The van der Waals surface area contributed by atoms with Gasteiger partial charge in [-0.1, -0.05) is 6.08 Å². The monoisotopic (exact) mass is 186 g/mol. The van der Waals surface area contributed by atoms with Crippen LogP contribution >= 0.6 is 0 Å². The molecule has 0 fully saturated rings. The van der Waals surface area contributed by atoms with E-state index in [0.29, 0.717) is 12.0 Å². The van der Waals surface area contributed by atoms with Gasteiger partial charge >= 0.3 is 11.9 Å². The molecule has 0 spiro atoms. The van der Waals surface area contributed by atoms with Gasteiger partial charge in [-0.2, -0.15) is 0 Å². The quantitative estimate of drug-likeness (QED) is 0.486. The highest BCUT2D eigenvalue weighted by Gasteiger charge is 2.10. The summed E-state index contributed by atoms with van der Waals surface area (Å²) in [7, 11) is 2.62. The molecule has 0 amide bonds. The Balaban J connectivity index is 4.02. The number of rotatable bonds is 4. The van der Waals surface area contributed by atoms with Crippen LogP contribution in [0.15, 0.2) is 11.6 Å². The number of carbonyl (C=O) groups excluding carboxylic acids is 2. The first-order valence-corrected chi connectivity index (χ1v) is 3.96. The van der Waals surface area contributed by atoms with Crippen molar-refractivity contribution in [3.05, 3.63) is 11.6 Å². The normalized spacial score (nSPS) is 10.8. The smallest absolute Gasteiger partial charge is 0.333 e. The first-order valence-electron chi connectivity index (χ1n) is 3.96. The third-order valence-corrected chi connectivity index (χ3v) is 1.62. The second-order valence-corrected chi connectivity index (χ2v) is 2.38. The van der Waals surface area contributed by atoms with Crippen LogP contribution in [0.1, 0.15) is 19.8 Å². The van der Waals surface area contributed by atoms with Crippen LogP contribution in [0.25, 0.3) is 0 Å². The third-order valence-electron chi connectivity index (χ3n) is 1.62. The summed E-state index contributed by atoms with van der Waals surface area (Å²) in [6.07, 6.45) is 2.19. The van der Waals surface area contributed by atoms with Crippen molar-refractivity contribution in [3.63, 3.8) is 0 Å². The van der Waals surface area contributed by atoms with Gasteiger partial charge in [-0.15, -0.1) is 0 Å². The van der Waals surface area contributed by atoms with Gasteiger partial charge in [0.1, 0.15) is 0 Å². The SMILES string of the molecule is C/C=C(\CCC(=O)OC)C(=O)OC. The molecule has 4 heteroatoms. The average molecular weight is 186 g/mol. The van der Waals surface area contributed by atoms with E-state index < -0.39 is 5.97 Å². The standard InChI is InChI=1S/C9H14O4/c1-4-7(9(11)13-3)5-6-8(10)12-2/h4H,5-6H2,1-3H3/b7-4+. The van der Waals surface area contributed by atoms with Crippen LogP contribution in [0, 0.1) is 0 Å². The molecule has 0 saturated heterocycles. The molecule has 13 heavy (non-hydrogen) atoms. The summed E-state index contributed by atoms with van der Waals surface area (Å²) in [5.41, 5.74) is 0.493. The molecular weight excluding hydrogens is 172 g/mol. The molecule has 0 aromatic rings. The molecule has 0 radical (unpaired) electrons. The number of carbonyl (C=O) groups is 2. The lowest BCUT2D eigenvalue weighted by Crippen LogP contribution is -2.07. The topological polar surface area (TPSA) is 52.6 Å². The fourth-order valence-electron chi connectivity index (χ4n) is 0.834. The molecular formula is C9H14O4. The molecule has 0 aliphatic rings. The lowest BCUT2D eigenvalue weighted by Gasteiger charge is -2.03. The molecule has 0 heterocycles. The molecule has 0 aliphatic heterocycles. The van der Waals surface area contributed by atoms with Gasteiger partial charge in [-0.3, -0.25) is 4.79 Å². The minimum atomic E-state index is -0.397. The molecule has 0 N–H and O–H groups in total. The van der Waals surface area contributed by atoms with Crippen LogP contribution in [-0.4, -0.2) is 26.2 Å². The van der Waals surface area contributed by atoms with Crippen molar-refractivity contribution in [3.8, 4) is 0 Å². The summed E-state index contributed by atoms with van der Waals surface area (Å²) in [5, 5.41) is 0. The van der Waals surface area contributed by atoms with Gasteiger partial charge in [0.2, 0.25) is 0 Å². The molecule has 0 atom stereocenters. The van der Waals surface area contributed by atoms with E-state index in [1.807, 2.05) is 0 Å². The highest BCUT2D eigenvalue weighted by atomic mass is 16.5. The van der Waals surface area contributed by atoms with E-state index >= 15 is 0 Å². The Kier molecular flexibility index (Phi) is 5.59. The third kappa shape index (κ3) is 4.30. The van der Waals surface area contributed by atoms with E-state index in [9.17, 15) is 9.59 Å². The number of hydrogen-bond acceptors (Lipinski definition) is 4. The van der Waals surface area contributed by atoms with Crippen molar-refractivity contribution >= 4 is 11.9 Å². The number of methoxy groups -OCH3 is 2. The van der Waals surface area contributed by atoms with Gasteiger partial charge in [0.25, 0.3) is 0 Å². The van der Waals surface area contributed by atoms with Crippen LogP contribution in [0.4, 0.5) is 0 Å². The summed E-state index contributed by atoms with van der Waals surface area (Å²) < 4.78 is 8.95. The summed E-state index contributed by atoms with van der Waals surface area (Å²) in [5.74, 6) is -0.727. The molecule has 0 aromatic heterocycles. The fourth-order valence-corrected chi connectivity index (χ4v) is 0.834. The number of hydrogen-bond donors (Lipinski definition) is 0. The van der Waals surface area contributed by atoms with Crippen molar-refractivity contribution in [2.75, 3.05) is 14.2 Å². The fraction of sp³-hybridized carbons (Fsp3) is 0.556. The molecule has 0 saturated carbocycles. The number of ether oxygens (including phenoxy) is 2. The molecule has 0 aromatic carbocycles. The number of allylic oxidation sites excluding steroid dienone is 1. The van der Waals surface area contributed by atoms with E-state index in [1.165, 1.54) is 14.2 Å². The largest absolute Gasteiger partial charge is 0.469 e. The molecule has 0 rings (SSSR count). The van der Waals surface area contributed by atoms with Gasteiger partial charge in [-0.05, 0) is 13.3 Å². The highest BCUT2D eigenvalue weighted by Crippen LogP contribution is 2.07. The van der Waals surface area contributed by atoms with Crippen LogP contribution in [0.5, 0.6) is 0 Å². The summed E-state index contributed by atoms with van der Waals surface area (Å²) in [6.45, 7) is 1.73. The minimum Gasteiger partial charge on any atom is -0.469 e. The van der Waals surface area contributed by atoms with E-state index in [4.69, 9.17) is 0 Å². The zero-order valence-electron chi connectivity index (χ0n) is 8.12. The van der Waals surface area contributed by atoms with Crippen LogP contribution < -0.4 is 0 Å². The maximum absolute atomic E-state index is 11.0. The molecule has 0 unspecified atom stereocenters. The van der Waals surface area contributed by atoms with Crippen molar-refractivity contribution in [2.24, 2.45) is 0 Å². The Morgan fingerprint density at radius 3 is 2.15 bits per heavy atom. The summed E-state index contributed by atoms with van der Waals surface area (Å²) in [4.78, 5) is 21.7. The Morgan fingerprint density at radius 2 is 1.77 bits per heavy atom. The lowest BCUT2D eigenvalue weighted by atomic mass is 10.1. The van der Waals surface area contributed by atoms with Crippen LogP contribution in [0.3, 0.4) is 0 Å². The van der Waals surface area contributed by atoms with Gasteiger partial charge < -0.3 is 9.47 Å². The molecule has 0 aliphatic carbocycles. The van der Waals surface area contributed by atoms with Crippen molar-refractivity contribution in [1.29, 1.82) is 0 Å². The predicted octanol–water partition coefficient (Wildman–Crippen LogP) is 1.06. The zero-order chi connectivity index (χ0) is 10.3. The minimum absolute atomic E-state index is 0.200. The van der Waals surface area contributed by atoms with Crippen molar-refractivity contribution in [2.45, 2.75) is 19.8 Å². The Morgan fingerprint density at radius 1 is 1.15 bits per heavy atom. The van der Waals surface area contributed by atoms with Crippen LogP contribution in [-0.2, 0) is 19.1 Å². The van der Waals surface area contributed by atoms with Gasteiger partial charge in [0, 0.05) is 12.0 Å². The second-order valence-electron chi connectivity index (χ2n) is 2.38. The van der Waals surface area contributed by atoms with E-state index in [-0.39, 0.29) is 12.4 Å². The second kappa shape index (κ2) is 6.22. The van der Waals surface area contributed by atoms with Gasteiger partial charge in [0.15, 0.2) is 0 Å². The Bertz CT molecular complexity index is 218. The first kappa shape index (κ1) is 11.7. The highest BCUT2D eigenvalue weighted by molar-refractivity contribution is 5.88. The van der Waals surface area contributed by atoms with E-state index in [2.05, 4.69) is 9.47 Å². The first-order chi connectivity index (χ1) is 6.15. The average Bonchev–Trinajstić information content (AvgIpc) is 2.17. The predicted molar refractivity (Wildman–Crippen MR) is 47.0 cm³/mol. The van der Waals surface area contributed by atoms with Crippen molar-refractivity contribution in [1.82, 2.24) is 0 Å². The number of esters is 2. The van der Waals surface area contributed by atoms with Gasteiger partial charge in [0.05, 0.1) is 14.2 Å². The summed E-state index contributed by atoms with van der Waals surface area (Å²) in [6, 6.07) is 0. The maximum Gasteiger partial charge on any atom is 0.333 e. The van der Waals surface area contributed by atoms with E-state index in [0.717, 1.165) is 0 Å². The Labute approximate surface area is 77.5 Å². The molecule has 74 valence electrons. The van der Waals surface area contributed by atoms with E-state index in [1.54, 1.807) is 13.0 Å². The molecule has 4 nitrogen and oxygen atoms in total. The lowest BCUT2D eigenvalue weighted by molar-refractivity contribution is -0.140. The summed E-state index contributed by atoms with van der Waals surface area (Å²) >= 11 is 0. The Hall–Kier alpha value is -1.32. The maximum atomic E-state index is 11.0. The molecule has 0 bridgehead atoms. The van der Waals surface area contributed by atoms with Gasteiger partial charge in [-0.25, -0.2) is 4.79 Å².